The number of phenolic OH excluding ortho intramolecular Hbond substituents is 1. The van der Waals surface area contributed by atoms with Crippen LogP contribution < -0.4 is 0 Å². The molecule has 0 bridgehead atoms. The summed E-state index contributed by atoms with van der Waals surface area (Å²) in [7, 11) is 0. The number of esters is 2. The van der Waals surface area contributed by atoms with Crippen molar-refractivity contribution < 1.29 is 24.2 Å². The van der Waals surface area contributed by atoms with Crippen molar-refractivity contribution in [2.75, 3.05) is 13.2 Å². The van der Waals surface area contributed by atoms with Crippen molar-refractivity contribution in [1.29, 1.82) is 0 Å². The summed E-state index contributed by atoms with van der Waals surface area (Å²) < 4.78 is 9.92. The molecule has 124 valence electrons. The smallest absolute Gasteiger partial charge is 0.376 e. The van der Waals surface area contributed by atoms with Gasteiger partial charge in [0.15, 0.2) is 5.69 Å². The summed E-state index contributed by atoms with van der Waals surface area (Å²) in [4.78, 5) is 35.3. The second-order valence-electron chi connectivity index (χ2n) is 4.92. The maximum Gasteiger partial charge on any atom is 0.376 e. The SMILES string of the molecule is CCOC(=O)c1nc(C(=O)OCC)c2c(n1)[nH]c1cc(O)ccc12. The molecule has 2 heterocycles. The number of H-pyrrole nitrogens is 1. The highest BCUT2D eigenvalue weighted by Gasteiger charge is 2.23. The molecule has 2 N–H and O–H groups in total. The maximum atomic E-state index is 12.3. The molecular formula is C16H15N3O5. The Bertz CT molecular complexity index is 948. The molecule has 1 aromatic carbocycles. The zero-order chi connectivity index (χ0) is 17.3. The number of hydrogen-bond donors (Lipinski definition) is 2. The number of phenols is 1. The van der Waals surface area contributed by atoms with E-state index < -0.39 is 11.9 Å². The second kappa shape index (κ2) is 6.15. The molecular weight excluding hydrogens is 314 g/mol. The summed E-state index contributed by atoms with van der Waals surface area (Å²) in [6.45, 7) is 3.67. The lowest BCUT2D eigenvalue weighted by atomic mass is 10.1. The molecule has 8 nitrogen and oxygen atoms in total. The van der Waals surface area contributed by atoms with Crippen LogP contribution in [0.3, 0.4) is 0 Å². The summed E-state index contributed by atoms with van der Waals surface area (Å²) in [5.74, 6) is -1.57. The molecule has 8 heteroatoms. The number of carbonyl (C=O) groups is 2. The zero-order valence-electron chi connectivity index (χ0n) is 13.1. The summed E-state index contributed by atoms with van der Waals surface area (Å²) in [6, 6.07) is 4.62. The predicted molar refractivity (Wildman–Crippen MR) is 85.0 cm³/mol. The number of hydrogen-bond acceptors (Lipinski definition) is 7. The number of ether oxygens (including phenoxy) is 2. The Morgan fingerprint density at radius 1 is 1.12 bits per heavy atom. The van der Waals surface area contributed by atoms with Gasteiger partial charge in [-0.05, 0) is 26.0 Å². The van der Waals surface area contributed by atoms with Crippen LogP contribution >= 0.6 is 0 Å². The summed E-state index contributed by atoms with van der Waals surface area (Å²) in [6.07, 6.45) is 0. The van der Waals surface area contributed by atoms with Gasteiger partial charge in [0.2, 0.25) is 5.82 Å². The van der Waals surface area contributed by atoms with Gasteiger partial charge < -0.3 is 19.6 Å². The third kappa shape index (κ3) is 2.62. The average Bonchev–Trinajstić information content (AvgIpc) is 2.91. The number of carbonyl (C=O) groups excluding carboxylic acids is 2. The Morgan fingerprint density at radius 2 is 1.83 bits per heavy atom. The molecule has 0 spiro atoms. The number of benzene rings is 1. The predicted octanol–water partition coefficient (Wildman–Crippen LogP) is 2.17. The van der Waals surface area contributed by atoms with Crippen LogP contribution in [-0.4, -0.2) is 45.2 Å². The van der Waals surface area contributed by atoms with Crippen LogP contribution in [-0.2, 0) is 9.47 Å². The number of aromatic amines is 1. The van der Waals surface area contributed by atoms with E-state index in [9.17, 15) is 14.7 Å². The number of nitrogens with zero attached hydrogens (tertiary/aromatic N) is 2. The molecule has 0 aliphatic rings. The van der Waals surface area contributed by atoms with Gasteiger partial charge in [-0.15, -0.1) is 0 Å². The van der Waals surface area contributed by atoms with E-state index in [1.807, 2.05) is 0 Å². The van der Waals surface area contributed by atoms with Crippen LogP contribution in [0.15, 0.2) is 18.2 Å². The summed E-state index contributed by atoms with van der Waals surface area (Å²) in [5, 5.41) is 10.7. The number of fused-ring (bicyclic) bond motifs is 3. The minimum absolute atomic E-state index is 0.0261. The molecule has 0 amide bonds. The fraction of sp³-hybridized carbons (Fsp3) is 0.250. The lowest BCUT2D eigenvalue weighted by molar-refractivity contribution is 0.0507. The quantitative estimate of drug-likeness (QED) is 0.705. The van der Waals surface area contributed by atoms with E-state index in [1.54, 1.807) is 19.9 Å². The lowest BCUT2D eigenvalue weighted by Gasteiger charge is -2.05. The van der Waals surface area contributed by atoms with Gasteiger partial charge in [0.25, 0.3) is 0 Å². The Hall–Kier alpha value is -3.16. The number of aromatic nitrogens is 3. The van der Waals surface area contributed by atoms with Gasteiger partial charge >= 0.3 is 11.9 Å². The average molecular weight is 329 g/mol. The maximum absolute atomic E-state index is 12.3. The van der Waals surface area contributed by atoms with E-state index in [2.05, 4.69) is 15.0 Å². The standard InChI is InChI=1S/C16H15N3O5/c1-3-23-15(21)12-11-9-6-5-8(20)7-10(9)17-13(11)19-14(18-12)16(22)24-4-2/h5-7,20H,3-4H2,1-2H3,(H,17,18,19). The largest absolute Gasteiger partial charge is 0.508 e. The molecule has 2 aromatic heterocycles. The first-order chi connectivity index (χ1) is 11.5. The van der Waals surface area contributed by atoms with E-state index >= 15 is 0 Å². The lowest BCUT2D eigenvalue weighted by Crippen LogP contribution is -2.15. The molecule has 0 atom stereocenters. The Balaban J connectivity index is 2.30. The molecule has 3 rings (SSSR count). The van der Waals surface area contributed by atoms with Crippen molar-refractivity contribution >= 4 is 33.9 Å². The molecule has 0 aliphatic carbocycles. The van der Waals surface area contributed by atoms with Crippen LogP contribution in [0.25, 0.3) is 21.9 Å². The Morgan fingerprint density at radius 3 is 2.54 bits per heavy atom. The van der Waals surface area contributed by atoms with Crippen molar-refractivity contribution in [1.82, 2.24) is 15.0 Å². The highest BCUT2D eigenvalue weighted by atomic mass is 16.5. The van der Waals surface area contributed by atoms with Crippen molar-refractivity contribution in [2.45, 2.75) is 13.8 Å². The fourth-order valence-corrected chi connectivity index (χ4v) is 2.42. The van der Waals surface area contributed by atoms with E-state index in [0.717, 1.165) is 0 Å². The molecule has 0 aliphatic heterocycles. The van der Waals surface area contributed by atoms with Crippen molar-refractivity contribution in [3.05, 3.63) is 29.7 Å². The molecule has 3 aromatic rings. The van der Waals surface area contributed by atoms with Crippen LogP contribution in [0.1, 0.15) is 35.0 Å². The van der Waals surface area contributed by atoms with Crippen LogP contribution in [0.4, 0.5) is 0 Å². The Labute approximate surface area is 136 Å². The molecule has 0 saturated heterocycles. The van der Waals surface area contributed by atoms with E-state index in [0.29, 0.717) is 16.3 Å². The Kier molecular flexibility index (Phi) is 4.03. The number of nitrogens with one attached hydrogen (secondary N) is 1. The van der Waals surface area contributed by atoms with Gasteiger partial charge in [0.05, 0.1) is 24.1 Å². The molecule has 0 radical (unpaired) electrons. The van der Waals surface area contributed by atoms with Gasteiger partial charge in [0.1, 0.15) is 11.4 Å². The summed E-state index contributed by atoms with van der Waals surface area (Å²) >= 11 is 0. The monoisotopic (exact) mass is 329 g/mol. The third-order valence-corrected chi connectivity index (χ3v) is 3.36. The minimum atomic E-state index is -0.730. The van der Waals surface area contributed by atoms with Crippen LogP contribution in [0, 0.1) is 0 Å². The van der Waals surface area contributed by atoms with Gasteiger partial charge in [-0.1, -0.05) is 0 Å². The van der Waals surface area contributed by atoms with E-state index in [4.69, 9.17) is 9.47 Å². The van der Waals surface area contributed by atoms with Crippen molar-refractivity contribution in [3.63, 3.8) is 0 Å². The molecule has 0 saturated carbocycles. The van der Waals surface area contributed by atoms with Crippen molar-refractivity contribution in [2.24, 2.45) is 0 Å². The topological polar surface area (TPSA) is 114 Å². The zero-order valence-corrected chi connectivity index (χ0v) is 13.1. The first kappa shape index (κ1) is 15.7. The van der Waals surface area contributed by atoms with Gasteiger partial charge in [-0.2, -0.15) is 0 Å². The normalized spacial score (nSPS) is 10.9. The van der Waals surface area contributed by atoms with Crippen LogP contribution in [0.5, 0.6) is 5.75 Å². The summed E-state index contributed by atoms with van der Waals surface area (Å²) in [5.41, 5.74) is 0.824. The number of aromatic hydroxyl groups is 1. The highest BCUT2D eigenvalue weighted by Crippen LogP contribution is 2.29. The first-order valence-corrected chi connectivity index (χ1v) is 7.41. The van der Waals surface area contributed by atoms with Crippen LogP contribution in [0.2, 0.25) is 0 Å². The third-order valence-electron chi connectivity index (χ3n) is 3.36. The van der Waals surface area contributed by atoms with Crippen molar-refractivity contribution in [3.8, 4) is 5.75 Å². The van der Waals surface area contributed by atoms with Gasteiger partial charge in [-0.3, -0.25) is 0 Å². The van der Waals surface area contributed by atoms with E-state index in [-0.39, 0.29) is 36.1 Å². The molecule has 0 unspecified atom stereocenters. The number of rotatable bonds is 4. The first-order valence-electron chi connectivity index (χ1n) is 7.41. The molecule has 0 fully saturated rings. The highest BCUT2D eigenvalue weighted by molar-refractivity contribution is 6.15. The second-order valence-corrected chi connectivity index (χ2v) is 4.92. The fourth-order valence-electron chi connectivity index (χ4n) is 2.42. The minimum Gasteiger partial charge on any atom is -0.508 e. The van der Waals surface area contributed by atoms with E-state index in [1.165, 1.54) is 12.1 Å². The van der Waals surface area contributed by atoms with Gasteiger partial charge in [0, 0.05) is 11.5 Å². The van der Waals surface area contributed by atoms with Gasteiger partial charge in [-0.25, -0.2) is 19.6 Å². The molecule has 24 heavy (non-hydrogen) atoms.